The number of rotatable bonds is 6. The second-order valence-electron chi connectivity index (χ2n) is 5.16. The second-order valence-corrected chi connectivity index (χ2v) is 5.16. The van der Waals surface area contributed by atoms with E-state index in [-0.39, 0.29) is 6.04 Å². The Morgan fingerprint density at radius 2 is 1.81 bits per heavy atom. The SMILES string of the molecule is CNC(COc1ccccc1)c1c(C)cc(C)cc1OC. The van der Waals surface area contributed by atoms with E-state index in [4.69, 9.17) is 9.47 Å². The molecule has 3 heteroatoms. The van der Waals surface area contributed by atoms with Crippen molar-refractivity contribution in [2.24, 2.45) is 0 Å². The summed E-state index contributed by atoms with van der Waals surface area (Å²) in [7, 11) is 3.65. The minimum absolute atomic E-state index is 0.0840. The molecule has 1 atom stereocenters. The summed E-state index contributed by atoms with van der Waals surface area (Å²) in [6.07, 6.45) is 0. The molecule has 0 bridgehead atoms. The van der Waals surface area contributed by atoms with Gasteiger partial charge in [0.25, 0.3) is 0 Å². The Kier molecular flexibility index (Phi) is 5.23. The molecular formula is C18H23NO2. The van der Waals surface area contributed by atoms with Gasteiger partial charge in [-0.15, -0.1) is 0 Å². The first-order chi connectivity index (χ1) is 10.2. The maximum Gasteiger partial charge on any atom is 0.124 e. The molecule has 0 saturated heterocycles. The summed E-state index contributed by atoms with van der Waals surface area (Å²) in [6, 6.07) is 14.2. The van der Waals surface area contributed by atoms with Gasteiger partial charge in [0.1, 0.15) is 18.1 Å². The van der Waals surface area contributed by atoms with E-state index in [1.165, 1.54) is 11.1 Å². The van der Waals surface area contributed by atoms with Gasteiger partial charge in [-0.25, -0.2) is 0 Å². The van der Waals surface area contributed by atoms with E-state index in [0.717, 1.165) is 17.1 Å². The van der Waals surface area contributed by atoms with Crippen molar-refractivity contribution < 1.29 is 9.47 Å². The fourth-order valence-electron chi connectivity index (χ4n) is 2.56. The summed E-state index contributed by atoms with van der Waals surface area (Å²) in [4.78, 5) is 0. The Labute approximate surface area is 126 Å². The molecule has 0 saturated carbocycles. The third kappa shape index (κ3) is 3.76. The van der Waals surface area contributed by atoms with Crippen LogP contribution >= 0.6 is 0 Å². The van der Waals surface area contributed by atoms with Gasteiger partial charge in [0.15, 0.2) is 0 Å². The molecule has 1 unspecified atom stereocenters. The summed E-state index contributed by atoms with van der Waals surface area (Å²) in [6.45, 7) is 4.74. The van der Waals surface area contributed by atoms with Crippen molar-refractivity contribution in [2.75, 3.05) is 20.8 Å². The first-order valence-electron chi connectivity index (χ1n) is 7.16. The van der Waals surface area contributed by atoms with E-state index in [0.29, 0.717) is 6.61 Å². The van der Waals surface area contributed by atoms with Gasteiger partial charge in [0.2, 0.25) is 0 Å². The molecule has 0 aliphatic carbocycles. The number of likely N-dealkylation sites (N-methyl/N-ethyl adjacent to an activating group) is 1. The summed E-state index contributed by atoms with van der Waals surface area (Å²) < 4.78 is 11.4. The lowest BCUT2D eigenvalue weighted by molar-refractivity contribution is 0.268. The molecule has 21 heavy (non-hydrogen) atoms. The zero-order valence-corrected chi connectivity index (χ0v) is 13.1. The fraction of sp³-hybridized carbons (Fsp3) is 0.333. The van der Waals surface area contributed by atoms with Crippen LogP contribution < -0.4 is 14.8 Å². The lowest BCUT2D eigenvalue weighted by Crippen LogP contribution is -2.24. The first kappa shape index (κ1) is 15.4. The van der Waals surface area contributed by atoms with Gasteiger partial charge in [-0.05, 0) is 50.2 Å². The second kappa shape index (κ2) is 7.14. The highest BCUT2D eigenvalue weighted by molar-refractivity contribution is 5.45. The van der Waals surface area contributed by atoms with Crippen LogP contribution in [-0.4, -0.2) is 20.8 Å². The predicted octanol–water partition coefficient (Wildman–Crippen LogP) is 3.65. The van der Waals surface area contributed by atoms with Crippen LogP contribution in [0.3, 0.4) is 0 Å². The maximum atomic E-state index is 5.88. The Morgan fingerprint density at radius 1 is 1.10 bits per heavy atom. The third-order valence-electron chi connectivity index (χ3n) is 3.57. The van der Waals surface area contributed by atoms with Crippen molar-refractivity contribution in [1.29, 1.82) is 0 Å². The molecule has 0 spiro atoms. The van der Waals surface area contributed by atoms with E-state index < -0.39 is 0 Å². The third-order valence-corrected chi connectivity index (χ3v) is 3.57. The number of benzene rings is 2. The first-order valence-corrected chi connectivity index (χ1v) is 7.16. The zero-order valence-electron chi connectivity index (χ0n) is 13.1. The number of ether oxygens (including phenoxy) is 2. The topological polar surface area (TPSA) is 30.5 Å². The number of methoxy groups -OCH3 is 1. The van der Waals surface area contributed by atoms with Gasteiger partial charge in [-0.1, -0.05) is 24.3 Å². The average molecular weight is 285 g/mol. The van der Waals surface area contributed by atoms with Crippen LogP contribution in [0.5, 0.6) is 11.5 Å². The summed E-state index contributed by atoms with van der Waals surface area (Å²) in [5.41, 5.74) is 3.57. The van der Waals surface area contributed by atoms with Crippen molar-refractivity contribution in [3.8, 4) is 11.5 Å². The summed E-state index contributed by atoms with van der Waals surface area (Å²) in [5.74, 6) is 1.78. The number of nitrogens with one attached hydrogen (secondary N) is 1. The van der Waals surface area contributed by atoms with Crippen LogP contribution in [0.25, 0.3) is 0 Å². The number of hydrogen-bond donors (Lipinski definition) is 1. The van der Waals surface area contributed by atoms with Crippen molar-refractivity contribution in [3.05, 3.63) is 59.2 Å². The zero-order chi connectivity index (χ0) is 15.2. The molecule has 1 N–H and O–H groups in total. The minimum atomic E-state index is 0.0840. The van der Waals surface area contributed by atoms with E-state index in [2.05, 4.69) is 31.3 Å². The Balaban J connectivity index is 2.21. The lowest BCUT2D eigenvalue weighted by Gasteiger charge is -2.22. The molecule has 2 rings (SSSR count). The van der Waals surface area contributed by atoms with Crippen LogP contribution in [0.15, 0.2) is 42.5 Å². The molecule has 3 nitrogen and oxygen atoms in total. The number of para-hydroxylation sites is 1. The quantitative estimate of drug-likeness (QED) is 0.878. The van der Waals surface area contributed by atoms with Crippen LogP contribution in [0, 0.1) is 13.8 Å². The molecule has 0 fully saturated rings. The summed E-state index contributed by atoms with van der Waals surface area (Å²) >= 11 is 0. The van der Waals surface area contributed by atoms with Crippen molar-refractivity contribution >= 4 is 0 Å². The van der Waals surface area contributed by atoms with Crippen LogP contribution in [0.2, 0.25) is 0 Å². The van der Waals surface area contributed by atoms with Gasteiger partial charge < -0.3 is 14.8 Å². The van der Waals surface area contributed by atoms with E-state index in [1.807, 2.05) is 37.4 Å². The van der Waals surface area contributed by atoms with E-state index >= 15 is 0 Å². The normalized spacial score (nSPS) is 12.0. The molecule has 112 valence electrons. The van der Waals surface area contributed by atoms with Gasteiger partial charge >= 0.3 is 0 Å². The van der Waals surface area contributed by atoms with Crippen molar-refractivity contribution in [3.63, 3.8) is 0 Å². The number of aryl methyl sites for hydroxylation is 2. The molecule has 2 aromatic rings. The van der Waals surface area contributed by atoms with E-state index in [9.17, 15) is 0 Å². The Hall–Kier alpha value is -2.00. The highest BCUT2D eigenvalue weighted by Gasteiger charge is 2.18. The maximum absolute atomic E-state index is 5.88. The molecular weight excluding hydrogens is 262 g/mol. The Morgan fingerprint density at radius 3 is 2.43 bits per heavy atom. The molecule has 0 aromatic heterocycles. The molecule has 0 heterocycles. The van der Waals surface area contributed by atoms with Crippen molar-refractivity contribution in [1.82, 2.24) is 5.32 Å². The molecule has 0 amide bonds. The minimum Gasteiger partial charge on any atom is -0.496 e. The Bertz CT molecular complexity index is 581. The highest BCUT2D eigenvalue weighted by atomic mass is 16.5. The van der Waals surface area contributed by atoms with Crippen LogP contribution in [0.1, 0.15) is 22.7 Å². The lowest BCUT2D eigenvalue weighted by atomic mass is 9.98. The average Bonchev–Trinajstić information content (AvgIpc) is 2.50. The summed E-state index contributed by atoms with van der Waals surface area (Å²) in [5, 5.41) is 3.32. The molecule has 2 aromatic carbocycles. The fourth-order valence-corrected chi connectivity index (χ4v) is 2.56. The smallest absolute Gasteiger partial charge is 0.124 e. The molecule has 0 aliphatic rings. The highest BCUT2D eigenvalue weighted by Crippen LogP contribution is 2.30. The van der Waals surface area contributed by atoms with Gasteiger partial charge in [0, 0.05) is 5.56 Å². The van der Waals surface area contributed by atoms with Gasteiger partial charge in [-0.2, -0.15) is 0 Å². The molecule has 0 radical (unpaired) electrons. The largest absolute Gasteiger partial charge is 0.496 e. The number of hydrogen-bond acceptors (Lipinski definition) is 3. The monoisotopic (exact) mass is 285 g/mol. The van der Waals surface area contributed by atoms with Crippen molar-refractivity contribution in [2.45, 2.75) is 19.9 Å². The van der Waals surface area contributed by atoms with Crippen LogP contribution in [0.4, 0.5) is 0 Å². The predicted molar refractivity (Wildman–Crippen MR) is 86.2 cm³/mol. The molecule has 0 aliphatic heterocycles. The van der Waals surface area contributed by atoms with Crippen LogP contribution in [-0.2, 0) is 0 Å². The van der Waals surface area contributed by atoms with Gasteiger partial charge in [-0.3, -0.25) is 0 Å². The van der Waals surface area contributed by atoms with E-state index in [1.54, 1.807) is 7.11 Å². The van der Waals surface area contributed by atoms with Gasteiger partial charge in [0.05, 0.1) is 13.2 Å². The standard InChI is InChI=1S/C18H23NO2/c1-13-10-14(2)18(17(11-13)20-4)16(19-3)12-21-15-8-6-5-7-9-15/h5-11,16,19H,12H2,1-4H3.